The lowest BCUT2D eigenvalue weighted by Crippen LogP contribution is -2.01. The summed E-state index contributed by atoms with van der Waals surface area (Å²) in [5.74, 6) is -0.331. The highest BCUT2D eigenvalue weighted by molar-refractivity contribution is 5.87. The second kappa shape index (κ2) is 7.24. The zero-order valence-electron chi connectivity index (χ0n) is 9.85. The van der Waals surface area contributed by atoms with E-state index in [4.69, 9.17) is 10.00 Å². The summed E-state index contributed by atoms with van der Waals surface area (Å²) in [6, 6.07) is 9.03. The van der Waals surface area contributed by atoms with Crippen LogP contribution < -0.4 is 0 Å². The first-order valence-electron chi connectivity index (χ1n) is 5.61. The average molecular weight is 229 g/mol. The number of hydrogen-bond donors (Lipinski definition) is 0. The van der Waals surface area contributed by atoms with E-state index in [1.54, 1.807) is 30.3 Å². The number of hydrogen-bond acceptors (Lipinski definition) is 3. The minimum atomic E-state index is -0.331. The van der Waals surface area contributed by atoms with Gasteiger partial charge in [-0.05, 0) is 30.2 Å². The number of esters is 1. The largest absolute Gasteiger partial charge is 0.463 e. The van der Waals surface area contributed by atoms with Crippen LogP contribution in [-0.2, 0) is 9.53 Å². The van der Waals surface area contributed by atoms with E-state index in [0.717, 1.165) is 18.4 Å². The molecule has 0 spiro atoms. The lowest BCUT2D eigenvalue weighted by Gasteiger charge is -1.99. The van der Waals surface area contributed by atoms with Crippen LogP contribution in [0.2, 0.25) is 0 Å². The number of nitrogens with zero attached hydrogens (tertiary/aromatic N) is 1. The fraction of sp³-hybridized carbons (Fsp3) is 0.286. The van der Waals surface area contributed by atoms with E-state index in [-0.39, 0.29) is 5.97 Å². The molecule has 1 aromatic rings. The molecule has 0 aliphatic carbocycles. The smallest absolute Gasteiger partial charge is 0.330 e. The van der Waals surface area contributed by atoms with Crippen molar-refractivity contribution in [3.8, 4) is 6.07 Å². The Morgan fingerprint density at radius 1 is 1.41 bits per heavy atom. The summed E-state index contributed by atoms with van der Waals surface area (Å²) in [5, 5.41) is 8.62. The topological polar surface area (TPSA) is 50.1 Å². The van der Waals surface area contributed by atoms with Crippen molar-refractivity contribution in [2.24, 2.45) is 0 Å². The van der Waals surface area contributed by atoms with E-state index in [1.807, 2.05) is 13.0 Å². The standard InChI is InChI=1S/C14H15NO2/c1-2-3-10-17-14(16)9-8-12-4-6-13(11-15)7-5-12/h4-9H,2-3,10H2,1H3. The molecule has 0 N–H and O–H groups in total. The number of benzene rings is 1. The Morgan fingerprint density at radius 2 is 2.12 bits per heavy atom. The summed E-state index contributed by atoms with van der Waals surface area (Å²) < 4.78 is 4.97. The second-order valence-electron chi connectivity index (χ2n) is 3.59. The Bertz CT molecular complexity index is 427. The number of unbranched alkanes of at least 4 members (excludes halogenated alkanes) is 1. The fourth-order valence-electron chi connectivity index (χ4n) is 1.20. The van der Waals surface area contributed by atoms with Crippen molar-refractivity contribution in [3.63, 3.8) is 0 Å². The van der Waals surface area contributed by atoms with Gasteiger partial charge < -0.3 is 4.74 Å². The average Bonchev–Trinajstić information content (AvgIpc) is 2.37. The third-order valence-electron chi connectivity index (χ3n) is 2.19. The van der Waals surface area contributed by atoms with E-state index in [1.165, 1.54) is 6.08 Å². The quantitative estimate of drug-likeness (QED) is 0.443. The number of ether oxygens (including phenoxy) is 1. The van der Waals surface area contributed by atoms with Crippen LogP contribution in [0, 0.1) is 11.3 Å². The van der Waals surface area contributed by atoms with Gasteiger partial charge in [-0.3, -0.25) is 0 Å². The van der Waals surface area contributed by atoms with Gasteiger partial charge in [0.15, 0.2) is 0 Å². The molecule has 17 heavy (non-hydrogen) atoms. The summed E-state index contributed by atoms with van der Waals surface area (Å²) in [6.45, 7) is 2.51. The minimum Gasteiger partial charge on any atom is -0.463 e. The SMILES string of the molecule is CCCCOC(=O)C=Cc1ccc(C#N)cc1. The fourth-order valence-corrected chi connectivity index (χ4v) is 1.20. The first-order chi connectivity index (χ1) is 8.26. The highest BCUT2D eigenvalue weighted by Crippen LogP contribution is 2.05. The number of carbonyl (C=O) groups excluding carboxylic acids is 1. The van der Waals surface area contributed by atoms with E-state index < -0.39 is 0 Å². The molecule has 3 heteroatoms. The normalized spacial score (nSPS) is 10.1. The van der Waals surface area contributed by atoms with E-state index in [0.29, 0.717) is 12.2 Å². The molecule has 3 nitrogen and oxygen atoms in total. The van der Waals surface area contributed by atoms with Crippen LogP contribution in [0.3, 0.4) is 0 Å². The molecule has 0 heterocycles. The van der Waals surface area contributed by atoms with Crippen LogP contribution in [0.5, 0.6) is 0 Å². The van der Waals surface area contributed by atoms with Gasteiger partial charge in [0, 0.05) is 6.08 Å². The van der Waals surface area contributed by atoms with Crippen LogP contribution in [0.25, 0.3) is 6.08 Å². The first-order valence-corrected chi connectivity index (χ1v) is 5.61. The van der Waals surface area contributed by atoms with Gasteiger partial charge in [0.05, 0.1) is 18.2 Å². The Kier molecular flexibility index (Phi) is 5.53. The van der Waals surface area contributed by atoms with Crippen molar-refractivity contribution in [1.82, 2.24) is 0 Å². The maximum Gasteiger partial charge on any atom is 0.330 e. The van der Waals surface area contributed by atoms with Crippen LogP contribution in [0.15, 0.2) is 30.3 Å². The van der Waals surface area contributed by atoms with Crippen LogP contribution in [0.1, 0.15) is 30.9 Å². The molecule has 0 fully saturated rings. The van der Waals surface area contributed by atoms with Gasteiger partial charge in [0.2, 0.25) is 0 Å². The summed E-state index contributed by atoms with van der Waals surface area (Å²) in [7, 11) is 0. The van der Waals surface area contributed by atoms with Crippen molar-refractivity contribution in [3.05, 3.63) is 41.5 Å². The summed E-state index contributed by atoms with van der Waals surface area (Å²) >= 11 is 0. The van der Waals surface area contributed by atoms with Gasteiger partial charge >= 0.3 is 5.97 Å². The third-order valence-corrected chi connectivity index (χ3v) is 2.19. The van der Waals surface area contributed by atoms with Gasteiger partial charge in [-0.25, -0.2) is 4.79 Å². The highest BCUT2D eigenvalue weighted by atomic mass is 16.5. The highest BCUT2D eigenvalue weighted by Gasteiger charge is 1.96. The van der Waals surface area contributed by atoms with E-state index >= 15 is 0 Å². The van der Waals surface area contributed by atoms with Crippen LogP contribution in [-0.4, -0.2) is 12.6 Å². The molecular formula is C14H15NO2. The van der Waals surface area contributed by atoms with Crippen molar-refractivity contribution in [1.29, 1.82) is 5.26 Å². The van der Waals surface area contributed by atoms with Crippen molar-refractivity contribution in [2.45, 2.75) is 19.8 Å². The monoisotopic (exact) mass is 229 g/mol. The van der Waals surface area contributed by atoms with Crippen molar-refractivity contribution in [2.75, 3.05) is 6.61 Å². The molecule has 0 bridgehead atoms. The summed E-state index contributed by atoms with van der Waals surface area (Å²) in [4.78, 5) is 11.3. The lowest BCUT2D eigenvalue weighted by molar-refractivity contribution is -0.137. The Morgan fingerprint density at radius 3 is 2.71 bits per heavy atom. The van der Waals surface area contributed by atoms with Gasteiger partial charge in [-0.2, -0.15) is 5.26 Å². The predicted octanol–water partition coefficient (Wildman–Crippen LogP) is 2.91. The first kappa shape index (κ1) is 13.0. The molecule has 0 aromatic heterocycles. The maximum absolute atomic E-state index is 11.3. The molecule has 0 atom stereocenters. The molecule has 0 aliphatic rings. The van der Waals surface area contributed by atoms with Crippen LogP contribution >= 0.6 is 0 Å². The van der Waals surface area contributed by atoms with Gasteiger partial charge in [0.25, 0.3) is 0 Å². The van der Waals surface area contributed by atoms with Crippen molar-refractivity contribution >= 4 is 12.0 Å². The second-order valence-corrected chi connectivity index (χ2v) is 3.59. The number of carbonyl (C=O) groups is 1. The van der Waals surface area contributed by atoms with Crippen molar-refractivity contribution < 1.29 is 9.53 Å². The zero-order valence-corrected chi connectivity index (χ0v) is 9.85. The predicted molar refractivity (Wildman–Crippen MR) is 66.1 cm³/mol. The Hall–Kier alpha value is -2.08. The van der Waals surface area contributed by atoms with Gasteiger partial charge in [-0.15, -0.1) is 0 Å². The number of nitriles is 1. The molecule has 0 aliphatic heterocycles. The molecule has 0 unspecified atom stereocenters. The molecular weight excluding hydrogens is 214 g/mol. The molecule has 1 rings (SSSR count). The van der Waals surface area contributed by atoms with Gasteiger partial charge in [-0.1, -0.05) is 25.5 Å². The molecule has 0 radical (unpaired) electrons. The molecule has 1 aromatic carbocycles. The molecule has 0 saturated carbocycles. The summed E-state index contributed by atoms with van der Waals surface area (Å²) in [6.07, 6.45) is 4.97. The lowest BCUT2D eigenvalue weighted by atomic mass is 10.1. The molecule has 0 saturated heterocycles. The maximum atomic E-state index is 11.3. The van der Waals surface area contributed by atoms with Crippen LogP contribution in [0.4, 0.5) is 0 Å². The Balaban J connectivity index is 2.47. The minimum absolute atomic E-state index is 0.331. The van der Waals surface area contributed by atoms with E-state index in [2.05, 4.69) is 0 Å². The molecule has 88 valence electrons. The van der Waals surface area contributed by atoms with Gasteiger partial charge in [0.1, 0.15) is 0 Å². The summed E-state index contributed by atoms with van der Waals surface area (Å²) in [5.41, 5.74) is 1.48. The number of rotatable bonds is 5. The Labute approximate surface area is 101 Å². The van der Waals surface area contributed by atoms with E-state index in [9.17, 15) is 4.79 Å². The molecule has 0 amide bonds. The third kappa shape index (κ3) is 4.98. The zero-order chi connectivity index (χ0) is 12.5.